The van der Waals surface area contributed by atoms with E-state index in [9.17, 15) is 18.0 Å². The molecule has 1 aliphatic carbocycles. The topological polar surface area (TPSA) is 62.5 Å². The first-order valence-corrected chi connectivity index (χ1v) is 9.40. The van der Waals surface area contributed by atoms with Crippen LogP contribution in [0.25, 0.3) is 0 Å². The van der Waals surface area contributed by atoms with Crippen LogP contribution in [0.2, 0.25) is 0 Å². The van der Waals surface area contributed by atoms with Crippen LogP contribution in [0.1, 0.15) is 32.4 Å². The molecule has 27 heavy (non-hydrogen) atoms. The molecule has 2 aliphatic rings. The molecule has 1 aromatic heterocycles. The molecular formula is C19H27F3N4O. The van der Waals surface area contributed by atoms with Gasteiger partial charge in [-0.1, -0.05) is 19.9 Å². The van der Waals surface area contributed by atoms with E-state index in [0.29, 0.717) is 30.7 Å². The summed E-state index contributed by atoms with van der Waals surface area (Å²) in [6, 6.07) is 3.90. The summed E-state index contributed by atoms with van der Waals surface area (Å²) in [5.74, 6) is 0.844. The summed E-state index contributed by atoms with van der Waals surface area (Å²) >= 11 is 0. The SMILES string of the molecule is CC(C)[C@@H](C(N)=O)N(C)[C@H]1CC[C@@H]2CN(c3cccc(C(F)(F)F)n3)C[C@@H]21. The van der Waals surface area contributed by atoms with E-state index in [1.807, 2.05) is 25.8 Å². The van der Waals surface area contributed by atoms with Gasteiger partial charge in [-0.3, -0.25) is 9.69 Å². The number of hydrogen-bond acceptors (Lipinski definition) is 4. The predicted molar refractivity (Wildman–Crippen MR) is 97.0 cm³/mol. The van der Waals surface area contributed by atoms with Crippen molar-refractivity contribution >= 4 is 11.7 Å². The number of fused-ring (bicyclic) bond motifs is 1. The quantitative estimate of drug-likeness (QED) is 0.848. The highest BCUT2D eigenvalue weighted by Crippen LogP contribution is 2.42. The normalized spacial score (nSPS) is 26.7. The molecule has 0 spiro atoms. The fraction of sp³-hybridized carbons (Fsp3) is 0.684. The lowest BCUT2D eigenvalue weighted by Crippen LogP contribution is -2.52. The molecule has 0 unspecified atom stereocenters. The fourth-order valence-electron chi connectivity index (χ4n) is 4.89. The number of hydrogen-bond donors (Lipinski definition) is 1. The maximum Gasteiger partial charge on any atom is 0.433 e. The van der Waals surface area contributed by atoms with Crippen molar-refractivity contribution in [2.75, 3.05) is 25.0 Å². The maximum atomic E-state index is 13.0. The highest BCUT2D eigenvalue weighted by molar-refractivity contribution is 5.80. The smallest absolute Gasteiger partial charge is 0.368 e. The van der Waals surface area contributed by atoms with Crippen molar-refractivity contribution in [1.29, 1.82) is 0 Å². The molecule has 1 aliphatic heterocycles. The van der Waals surface area contributed by atoms with Gasteiger partial charge in [-0.05, 0) is 49.8 Å². The molecule has 2 fully saturated rings. The van der Waals surface area contributed by atoms with Crippen LogP contribution in [0.15, 0.2) is 18.2 Å². The maximum absolute atomic E-state index is 13.0. The number of halogens is 3. The molecule has 0 aromatic carbocycles. The van der Waals surface area contributed by atoms with Crippen LogP contribution in [0.3, 0.4) is 0 Å². The average Bonchev–Trinajstić information content (AvgIpc) is 3.13. The number of anilines is 1. The van der Waals surface area contributed by atoms with E-state index in [1.54, 1.807) is 6.07 Å². The Balaban J connectivity index is 1.76. The van der Waals surface area contributed by atoms with E-state index in [4.69, 9.17) is 5.73 Å². The number of likely N-dealkylation sites (N-methyl/N-ethyl adjacent to an activating group) is 1. The monoisotopic (exact) mass is 384 g/mol. The van der Waals surface area contributed by atoms with Gasteiger partial charge in [0.15, 0.2) is 0 Å². The molecular weight excluding hydrogens is 357 g/mol. The third kappa shape index (κ3) is 3.90. The number of alkyl halides is 3. The van der Waals surface area contributed by atoms with Crippen LogP contribution >= 0.6 is 0 Å². The number of pyridine rings is 1. The van der Waals surface area contributed by atoms with Gasteiger partial charge in [-0.2, -0.15) is 13.2 Å². The lowest BCUT2D eigenvalue weighted by Gasteiger charge is -2.36. The Labute approximate surface area is 157 Å². The van der Waals surface area contributed by atoms with Crippen LogP contribution in [0.4, 0.5) is 19.0 Å². The van der Waals surface area contributed by atoms with Crippen molar-refractivity contribution in [3.8, 4) is 0 Å². The number of amides is 1. The molecule has 1 amide bonds. The van der Waals surface area contributed by atoms with Crippen molar-refractivity contribution in [2.45, 2.75) is 44.9 Å². The number of carbonyl (C=O) groups excluding carboxylic acids is 1. The van der Waals surface area contributed by atoms with E-state index in [0.717, 1.165) is 18.9 Å². The average molecular weight is 384 g/mol. The lowest BCUT2D eigenvalue weighted by molar-refractivity contribution is -0.141. The summed E-state index contributed by atoms with van der Waals surface area (Å²) in [6.07, 6.45) is -2.47. The first-order valence-electron chi connectivity index (χ1n) is 9.40. The molecule has 0 bridgehead atoms. The summed E-state index contributed by atoms with van der Waals surface area (Å²) in [5, 5.41) is 0. The Morgan fingerprint density at radius 2 is 2.00 bits per heavy atom. The Kier molecular flexibility index (Phi) is 5.38. The first-order chi connectivity index (χ1) is 12.6. The molecule has 8 heteroatoms. The minimum absolute atomic E-state index is 0.106. The van der Waals surface area contributed by atoms with Crippen molar-refractivity contribution < 1.29 is 18.0 Å². The number of nitrogens with zero attached hydrogens (tertiary/aromatic N) is 3. The highest BCUT2D eigenvalue weighted by Gasteiger charge is 2.46. The Morgan fingerprint density at radius 1 is 1.30 bits per heavy atom. The van der Waals surface area contributed by atoms with Gasteiger partial charge in [0, 0.05) is 19.1 Å². The van der Waals surface area contributed by atoms with E-state index >= 15 is 0 Å². The van der Waals surface area contributed by atoms with E-state index < -0.39 is 11.9 Å². The minimum Gasteiger partial charge on any atom is -0.368 e. The number of nitrogens with two attached hydrogens (primary N) is 1. The molecule has 1 saturated heterocycles. The largest absolute Gasteiger partial charge is 0.433 e. The molecule has 2 heterocycles. The van der Waals surface area contributed by atoms with Gasteiger partial charge in [-0.15, -0.1) is 0 Å². The van der Waals surface area contributed by atoms with Crippen LogP contribution < -0.4 is 10.6 Å². The van der Waals surface area contributed by atoms with Gasteiger partial charge in [0.2, 0.25) is 5.91 Å². The Bertz CT molecular complexity index is 694. The third-order valence-electron chi connectivity index (χ3n) is 6.05. The van der Waals surface area contributed by atoms with E-state index in [1.165, 1.54) is 6.07 Å². The van der Waals surface area contributed by atoms with Crippen LogP contribution in [0, 0.1) is 17.8 Å². The van der Waals surface area contributed by atoms with E-state index in [2.05, 4.69) is 9.88 Å². The summed E-state index contributed by atoms with van der Waals surface area (Å²) in [4.78, 5) is 19.8. The van der Waals surface area contributed by atoms with Gasteiger partial charge < -0.3 is 10.6 Å². The van der Waals surface area contributed by atoms with Gasteiger partial charge in [0.25, 0.3) is 0 Å². The van der Waals surface area contributed by atoms with Gasteiger partial charge in [0.1, 0.15) is 11.5 Å². The third-order valence-corrected chi connectivity index (χ3v) is 6.05. The number of rotatable bonds is 5. The van der Waals surface area contributed by atoms with Gasteiger partial charge >= 0.3 is 6.18 Å². The second kappa shape index (κ2) is 7.30. The first kappa shape index (κ1) is 19.9. The molecule has 5 nitrogen and oxygen atoms in total. The molecule has 1 saturated carbocycles. The fourth-order valence-corrected chi connectivity index (χ4v) is 4.89. The number of primary amides is 1. The van der Waals surface area contributed by atoms with Crippen molar-refractivity contribution in [1.82, 2.24) is 9.88 Å². The minimum atomic E-state index is -4.44. The Hall–Kier alpha value is -1.83. The van der Waals surface area contributed by atoms with Crippen molar-refractivity contribution in [2.24, 2.45) is 23.5 Å². The van der Waals surface area contributed by atoms with Crippen molar-refractivity contribution in [3.63, 3.8) is 0 Å². The zero-order valence-electron chi connectivity index (χ0n) is 15.9. The molecule has 2 N–H and O–H groups in total. The number of aromatic nitrogens is 1. The second-order valence-corrected chi connectivity index (χ2v) is 8.11. The predicted octanol–water partition coefficient (Wildman–Crippen LogP) is 2.76. The van der Waals surface area contributed by atoms with Crippen molar-refractivity contribution in [3.05, 3.63) is 23.9 Å². The molecule has 150 valence electrons. The van der Waals surface area contributed by atoms with Crippen LogP contribution in [-0.2, 0) is 11.0 Å². The number of carbonyl (C=O) groups is 1. The Morgan fingerprint density at radius 3 is 2.59 bits per heavy atom. The van der Waals surface area contributed by atoms with E-state index in [-0.39, 0.29) is 23.9 Å². The van der Waals surface area contributed by atoms with Gasteiger partial charge in [-0.25, -0.2) is 4.98 Å². The highest BCUT2D eigenvalue weighted by atomic mass is 19.4. The molecule has 3 rings (SSSR count). The molecule has 1 aromatic rings. The van der Waals surface area contributed by atoms with Crippen LogP contribution in [0.5, 0.6) is 0 Å². The molecule has 4 atom stereocenters. The molecule has 0 radical (unpaired) electrons. The second-order valence-electron chi connectivity index (χ2n) is 8.11. The van der Waals surface area contributed by atoms with Crippen LogP contribution in [-0.4, -0.2) is 48.0 Å². The lowest BCUT2D eigenvalue weighted by atomic mass is 9.93. The zero-order chi connectivity index (χ0) is 19.9. The summed E-state index contributed by atoms with van der Waals surface area (Å²) < 4.78 is 38.9. The summed E-state index contributed by atoms with van der Waals surface area (Å²) in [5.41, 5.74) is 4.75. The zero-order valence-corrected chi connectivity index (χ0v) is 15.9. The summed E-state index contributed by atoms with van der Waals surface area (Å²) in [6.45, 7) is 5.31. The standard InChI is InChI=1S/C19H27F3N4O/c1-11(2)17(18(23)27)25(3)14-8-7-12-9-26(10-13(12)14)16-6-4-5-15(24-16)19(20,21)22/h4-6,11-14,17H,7-10H2,1-3H3,(H2,23,27)/t12-,13+,14+,17+/m1/s1. The summed E-state index contributed by atoms with van der Waals surface area (Å²) in [7, 11) is 1.94. The van der Waals surface area contributed by atoms with Gasteiger partial charge in [0.05, 0.1) is 6.04 Å².